The normalized spacial score (nSPS) is 38.5. The summed E-state index contributed by atoms with van der Waals surface area (Å²) in [5, 5.41) is 30.3. The molecule has 2 aliphatic heterocycles. The van der Waals surface area contributed by atoms with Crippen molar-refractivity contribution in [2.45, 2.75) is 50.5 Å². The van der Waals surface area contributed by atoms with Gasteiger partial charge < -0.3 is 25.4 Å². The van der Waals surface area contributed by atoms with E-state index >= 15 is 0 Å². The van der Waals surface area contributed by atoms with Crippen LogP contribution >= 0.6 is 0 Å². The van der Waals surface area contributed by atoms with E-state index in [-0.39, 0.29) is 5.57 Å². The van der Waals surface area contributed by atoms with Crippen LogP contribution in [-0.4, -0.2) is 62.9 Å². The second kappa shape index (κ2) is 4.92. The number of aliphatic hydroxyl groups is 3. The van der Waals surface area contributed by atoms with E-state index in [0.29, 0.717) is 4.90 Å². The van der Waals surface area contributed by atoms with Gasteiger partial charge >= 0.3 is 12.0 Å². The summed E-state index contributed by atoms with van der Waals surface area (Å²) in [6.07, 6.45) is -7.36. The maximum Gasteiger partial charge on any atom is 0.325 e. The Kier molecular flexibility index (Phi) is 3.71. The number of nitrogens with one attached hydrogen (secondary N) is 1. The first-order valence-corrected chi connectivity index (χ1v) is 6.01. The van der Waals surface area contributed by atoms with Crippen LogP contribution in [0, 0.1) is 0 Å². The Labute approximate surface area is 113 Å². The molecule has 2 rings (SSSR count). The van der Waals surface area contributed by atoms with Crippen LogP contribution < -0.4 is 5.32 Å². The van der Waals surface area contributed by atoms with Crippen LogP contribution in [0.4, 0.5) is 13.6 Å². The fraction of sp³-hybridized carbons (Fsp3) is 0.727. The van der Waals surface area contributed by atoms with E-state index in [1.54, 1.807) is 0 Å². The van der Waals surface area contributed by atoms with Crippen molar-refractivity contribution in [1.82, 2.24) is 10.2 Å². The van der Waals surface area contributed by atoms with Crippen LogP contribution in [0.5, 0.6) is 0 Å². The standard InChI is InChI=1S/C11H16F2N2O5/c1-4-3-15(10(19)14-8(4)18)9-11(12,13)7(17)6(20-9)5(2)16/h3,5-9,16-18H,1-2H3,(H,14,19)/t5?,6-,7-,8?,9-/m1/s1. The zero-order valence-electron chi connectivity index (χ0n) is 10.8. The molecule has 1 fully saturated rings. The van der Waals surface area contributed by atoms with E-state index in [2.05, 4.69) is 5.32 Å². The highest BCUT2D eigenvalue weighted by molar-refractivity contribution is 5.77. The van der Waals surface area contributed by atoms with Gasteiger partial charge in [0.15, 0.2) is 12.3 Å². The van der Waals surface area contributed by atoms with Gasteiger partial charge in [-0.1, -0.05) is 0 Å². The quantitative estimate of drug-likeness (QED) is 0.541. The number of halogens is 2. The predicted molar refractivity (Wildman–Crippen MR) is 61.4 cm³/mol. The Morgan fingerprint density at radius 1 is 1.50 bits per heavy atom. The lowest BCUT2D eigenvalue weighted by Crippen LogP contribution is -2.56. The molecular formula is C11H16F2N2O5. The summed E-state index contributed by atoms with van der Waals surface area (Å²) in [7, 11) is 0. The molecule has 2 unspecified atom stereocenters. The third-order valence-corrected chi connectivity index (χ3v) is 3.32. The van der Waals surface area contributed by atoms with Crippen LogP contribution in [0.2, 0.25) is 0 Å². The number of aliphatic hydroxyl groups excluding tert-OH is 3. The van der Waals surface area contributed by atoms with Crippen LogP contribution in [-0.2, 0) is 4.74 Å². The first-order chi connectivity index (χ1) is 9.16. The minimum Gasteiger partial charge on any atom is -0.391 e. The van der Waals surface area contributed by atoms with Crippen molar-refractivity contribution in [3.05, 3.63) is 11.8 Å². The highest BCUT2D eigenvalue weighted by Crippen LogP contribution is 2.40. The summed E-state index contributed by atoms with van der Waals surface area (Å²) in [6.45, 7) is 2.64. The van der Waals surface area contributed by atoms with Gasteiger partial charge in [0.2, 0.25) is 6.23 Å². The van der Waals surface area contributed by atoms with Crippen LogP contribution in [0.1, 0.15) is 13.8 Å². The second-order valence-electron chi connectivity index (χ2n) is 4.95. The summed E-state index contributed by atoms with van der Waals surface area (Å²) < 4.78 is 32.9. The molecule has 1 saturated heterocycles. The average molecular weight is 294 g/mol. The molecule has 0 saturated carbocycles. The van der Waals surface area contributed by atoms with Crippen molar-refractivity contribution in [3.63, 3.8) is 0 Å². The first-order valence-electron chi connectivity index (χ1n) is 6.01. The van der Waals surface area contributed by atoms with Gasteiger partial charge in [-0.05, 0) is 19.4 Å². The summed E-state index contributed by atoms with van der Waals surface area (Å²) in [5.41, 5.74) is 0.235. The van der Waals surface area contributed by atoms with Gasteiger partial charge in [0, 0.05) is 6.20 Å². The van der Waals surface area contributed by atoms with E-state index in [1.807, 2.05) is 0 Å². The number of carbonyl (C=O) groups excluding carboxylic acids is 1. The molecule has 4 N–H and O–H groups in total. The summed E-state index contributed by atoms with van der Waals surface area (Å²) in [4.78, 5) is 12.2. The number of ether oxygens (including phenoxy) is 1. The van der Waals surface area contributed by atoms with Crippen molar-refractivity contribution in [1.29, 1.82) is 0 Å². The molecular weight excluding hydrogens is 278 g/mol. The molecule has 114 valence electrons. The van der Waals surface area contributed by atoms with Crippen molar-refractivity contribution >= 4 is 6.03 Å². The summed E-state index contributed by atoms with van der Waals surface area (Å²) in [6, 6.07) is -0.980. The van der Waals surface area contributed by atoms with Crippen molar-refractivity contribution < 1.29 is 33.6 Å². The lowest BCUT2D eigenvalue weighted by molar-refractivity contribution is -0.147. The Hall–Kier alpha value is -1.29. The molecule has 20 heavy (non-hydrogen) atoms. The maximum atomic E-state index is 14.0. The number of hydrogen-bond acceptors (Lipinski definition) is 5. The fourth-order valence-corrected chi connectivity index (χ4v) is 2.14. The van der Waals surface area contributed by atoms with E-state index in [9.17, 15) is 28.9 Å². The lowest BCUT2D eigenvalue weighted by Gasteiger charge is -2.34. The number of hydrogen-bond donors (Lipinski definition) is 4. The number of nitrogens with zero attached hydrogens (tertiary/aromatic N) is 1. The van der Waals surface area contributed by atoms with Crippen molar-refractivity contribution in [3.8, 4) is 0 Å². The Bertz CT molecular complexity index is 443. The molecule has 2 amide bonds. The highest BCUT2D eigenvalue weighted by Gasteiger charge is 2.62. The van der Waals surface area contributed by atoms with Crippen molar-refractivity contribution in [2.75, 3.05) is 0 Å². The Morgan fingerprint density at radius 3 is 2.60 bits per heavy atom. The zero-order valence-corrected chi connectivity index (χ0v) is 10.8. The molecule has 0 radical (unpaired) electrons. The van der Waals surface area contributed by atoms with Gasteiger partial charge in [-0.25, -0.2) is 4.79 Å². The average Bonchev–Trinajstić information content (AvgIpc) is 2.56. The second-order valence-corrected chi connectivity index (χ2v) is 4.95. The van der Waals surface area contributed by atoms with Gasteiger partial charge in [-0.2, -0.15) is 8.78 Å². The minimum atomic E-state index is -3.75. The molecule has 7 nitrogen and oxygen atoms in total. The van der Waals surface area contributed by atoms with E-state index in [0.717, 1.165) is 6.20 Å². The number of amides is 2. The molecule has 2 heterocycles. The highest BCUT2D eigenvalue weighted by atomic mass is 19.3. The summed E-state index contributed by atoms with van der Waals surface area (Å²) in [5.74, 6) is -3.75. The van der Waals surface area contributed by atoms with Crippen LogP contribution in [0.25, 0.3) is 0 Å². The molecule has 0 aromatic rings. The third-order valence-electron chi connectivity index (χ3n) is 3.32. The molecule has 0 aliphatic carbocycles. The van der Waals surface area contributed by atoms with Gasteiger partial charge in [-0.15, -0.1) is 0 Å². The monoisotopic (exact) mass is 294 g/mol. The fourth-order valence-electron chi connectivity index (χ4n) is 2.14. The smallest absolute Gasteiger partial charge is 0.325 e. The number of carbonyl (C=O) groups is 1. The van der Waals surface area contributed by atoms with Gasteiger partial charge in [0.05, 0.1) is 6.10 Å². The van der Waals surface area contributed by atoms with E-state index in [1.165, 1.54) is 13.8 Å². The van der Waals surface area contributed by atoms with E-state index < -0.39 is 42.7 Å². The largest absolute Gasteiger partial charge is 0.391 e. The minimum absolute atomic E-state index is 0.235. The molecule has 5 atom stereocenters. The molecule has 0 aromatic heterocycles. The maximum absolute atomic E-state index is 14.0. The third kappa shape index (κ3) is 2.26. The van der Waals surface area contributed by atoms with Crippen LogP contribution in [0.15, 0.2) is 11.8 Å². The van der Waals surface area contributed by atoms with Gasteiger partial charge in [0.1, 0.15) is 6.10 Å². The number of alkyl halides is 2. The Morgan fingerprint density at radius 2 is 2.10 bits per heavy atom. The van der Waals surface area contributed by atoms with Crippen molar-refractivity contribution in [2.24, 2.45) is 0 Å². The van der Waals surface area contributed by atoms with Gasteiger partial charge in [-0.3, -0.25) is 4.90 Å². The van der Waals surface area contributed by atoms with Crippen LogP contribution in [0.3, 0.4) is 0 Å². The molecule has 2 aliphatic rings. The SMILES string of the molecule is CC1=CN([C@@H]2O[C@H](C(C)O)[C@@H](O)C2(F)F)C(=O)NC1O. The number of urea groups is 1. The Balaban J connectivity index is 2.31. The molecule has 9 heteroatoms. The predicted octanol–water partition coefficient (Wildman–Crippen LogP) is -0.664. The topological polar surface area (TPSA) is 102 Å². The molecule has 0 bridgehead atoms. The first kappa shape index (κ1) is 15.1. The number of rotatable bonds is 2. The lowest BCUT2D eigenvalue weighted by atomic mass is 10.1. The summed E-state index contributed by atoms with van der Waals surface area (Å²) >= 11 is 0. The molecule has 0 spiro atoms. The zero-order chi connectivity index (χ0) is 15.2. The van der Waals surface area contributed by atoms with Gasteiger partial charge in [0.25, 0.3) is 0 Å². The van der Waals surface area contributed by atoms with E-state index in [4.69, 9.17) is 4.74 Å². The molecule has 0 aromatic carbocycles.